The van der Waals surface area contributed by atoms with Crippen molar-refractivity contribution in [2.75, 3.05) is 6.54 Å². The third-order valence-corrected chi connectivity index (χ3v) is 3.57. The van der Waals surface area contributed by atoms with Crippen LogP contribution >= 0.6 is 11.6 Å². The topological polar surface area (TPSA) is 69.6 Å². The molecule has 4 nitrogen and oxygen atoms in total. The summed E-state index contributed by atoms with van der Waals surface area (Å²) in [6, 6.07) is 3.16. The number of carbonyl (C=O) groups is 1. The molecule has 1 saturated heterocycles. The van der Waals surface area contributed by atoms with E-state index in [4.69, 9.17) is 16.7 Å². The first-order valence-corrected chi connectivity index (χ1v) is 5.82. The van der Waals surface area contributed by atoms with Gasteiger partial charge in [-0.25, -0.2) is 0 Å². The predicted octanol–water partition coefficient (Wildman–Crippen LogP) is 2.09. The maximum Gasteiger partial charge on any atom is 0.307 e. The zero-order chi connectivity index (χ0) is 12.6. The minimum absolute atomic E-state index is 0.144. The third kappa shape index (κ3) is 2.37. The lowest BCUT2D eigenvalue weighted by atomic mass is 9.98. The fourth-order valence-electron chi connectivity index (χ4n) is 2.12. The first kappa shape index (κ1) is 12.2. The van der Waals surface area contributed by atoms with Gasteiger partial charge in [0.05, 0.1) is 5.92 Å². The molecule has 0 spiro atoms. The molecule has 5 heteroatoms. The van der Waals surface area contributed by atoms with E-state index in [1.165, 1.54) is 0 Å². The number of hydrogen-bond acceptors (Lipinski definition) is 3. The molecule has 0 aromatic heterocycles. The largest absolute Gasteiger partial charge is 0.508 e. The van der Waals surface area contributed by atoms with Crippen LogP contribution in [0.3, 0.4) is 0 Å². The molecule has 0 aliphatic carbocycles. The van der Waals surface area contributed by atoms with Crippen LogP contribution < -0.4 is 5.32 Å². The van der Waals surface area contributed by atoms with Crippen LogP contribution in [0.5, 0.6) is 5.75 Å². The summed E-state index contributed by atoms with van der Waals surface area (Å²) in [4.78, 5) is 10.9. The Kier molecular flexibility index (Phi) is 3.26. The van der Waals surface area contributed by atoms with Gasteiger partial charge in [0.1, 0.15) is 5.75 Å². The minimum Gasteiger partial charge on any atom is -0.508 e. The molecule has 0 saturated carbocycles. The maximum absolute atomic E-state index is 10.9. The molecule has 1 aliphatic rings. The number of nitrogens with one attached hydrogen (secondary N) is 1. The summed E-state index contributed by atoms with van der Waals surface area (Å²) in [5.74, 6) is -1.05. The van der Waals surface area contributed by atoms with Gasteiger partial charge >= 0.3 is 5.97 Å². The fraction of sp³-hybridized carbons (Fsp3) is 0.417. The molecule has 3 N–H and O–H groups in total. The average molecular weight is 256 g/mol. The molecule has 17 heavy (non-hydrogen) atoms. The number of rotatable bonds is 2. The molecule has 92 valence electrons. The van der Waals surface area contributed by atoms with Gasteiger partial charge in [-0.05, 0) is 31.0 Å². The maximum atomic E-state index is 10.9. The van der Waals surface area contributed by atoms with Crippen LogP contribution in [0.1, 0.15) is 23.6 Å². The van der Waals surface area contributed by atoms with Crippen LogP contribution in [0.15, 0.2) is 12.1 Å². The van der Waals surface area contributed by atoms with E-state index in [9.17, 15) is 9.90 Å². The van der Waals surface area contributed by atoms with E-state index in [1.807, 2.05) is 6.92 Å². The van der Waals surface area contributed by atoms with Gasteiger partial charge in [0.15, 0.2) is 0 Å². The summed E-state index contributed by atoms with van der Waals surface area (Å²) in [6.07, 6.45) is 0.474. The lowest BCUT2D eigenvalue weighted by Gasteiger charge is -2.14. The van der Waals surface area contributed by atoms with Crippen molar-refractivity contribution in [2.24, 2.45) is 5.92 Å². The molecular weight excluding hydrogens is 242 g/mol. The lowest BCUT2D eigenvalue weighted by molar-refractivity contribution is -0.141. The summed E-state index contributed by atoms with van der Waals surface area (Å²) in [5, 5.41) is 22.4. The Labute approximate surface area is 104 Å². The van der Waals surface area contributed by atoms with Crippen molar-refractivity contribution >= 4 is 17.6 Å². The van der Waals surface area contributed by atoms with Gasteiger partial charge < -0.3 is 15.5 Å². The first-order chi connectivity index (χ1) is 7.99. The van der Waals surface area contributed by atoms with Gasteiger partial charge in [-0.3, -0.25) is 4.79 Å². The molecule has 0 radical (unpaired) electrons. The fourth-order valence-corrected chi connectivity index (χ4v) is 2.29. The van der Waals surface area contributed by atoms with E-state index in [1.54, 1.807) is 12.1 Å². The highest BCUT2D eigenvalue weighted by molar-refractivity contribution is 6.31. The van der Waals surface area contributed by atoms with E-state index >= 15 is 0 Å². The van der Waals surface area contributed by atoms with E-state index < -0.39 is 11.9 Å². The number of hydrogen-bond donors (Lipinski definition) is 3. The highest BCUT2D eigenvalue weighted by Gasteiger charge is 2.31. The monoisotopic (exact) mass is 255 g/mol. The normalized spacial score (nSPS) is 23.9. The van der Waals surface area contributed by atoms with Crippen molar-refractivity contribution in [3.8, 4) is 5.75 Å². The number of aromatic hydroxyl groups is 1. The minimum atomic E-state index is -0.808. The van der Waals surface area contributed by atoms with E-state index in [0.717, 1.165) is 5.56 Å². The Hall–Kier alpha value is -1.26. The molecule has 1 aromatic rings. The number of benzene rings is 1. The molecule has 0 bridgehead atoms. The lowest BCUT2D eigenvalue weighted by Crippen LogP contribution is -2.17. The smallest absolute Gasteiger partial charge is 0.307 e. The van der Waals surface area contributed by atoms with Crippen LogP contribution in [-0.2, 0) is 4.79 Å². The van der Waals surface area contributed by atoms with Gasteiger partial charge in [-0.15, -0.1) is 0 Å². The zero-order valence-electron chi connectivity index (χ0n) is 9.40. The summed E-state index contributed by atoms with van der Waals surface area (Å²) in [5.41, 5.74) is 1.48. The second-order valence-corrected chi connectivity index (χ2v) is 4.80. The number of phenolic OH excluding ortho intramolecular Hbond substituents is 1. The standard InChI is InChI=1S/C12H14ClNO3/c1-6-2-11(15)8(4-9(6)13)10-3-7(5-14-10)12(16)17/h2,4,7,10,14-15H,3,5H2,1H3,(H,16,17). The van der Waals surface area contributed by atoms with Crippen molar-refractivity contribution in [3.05, 3.63) is 28.3 Å². The van der Waals surface area contributed by atoms with E-state index in [-0.39, 0.29) is 11.8 Å². The molecule has 2 rings (SSSR count). The molecule has 2 unspecified atom stereocenters. The summed E-state index contributed by atoms with van der Waals surface area (Å²) < 4.78 is 0. The van der Waals surface area contributed by atoms with Gasteiger partial charge in [-0.2, -0.15) is 0 Å². The van der Waals surface area contributed by atoms with E-state index in [0.29, 0.717) is 23.6 Å². The molecule has 1 fully saturated rings. The molecule has 0 amide bonds. The van der Waals surface area contributed by atoms with Crippen LogP contribution in [-0.4, -0.2) is 22.7 Å². The Morgan fingerprint density at radius 2 is 2.24 bits per heavy atom. The summed E-state index contributed by atoms with van der Waals surface area (Å²) in [6.45, 7) is 2.24. The van der Waals surface area contributed by atoms with Crippen molar-refractivity contribution in [2.45, 2.75) is 19.4 Å². The highest BCUT2D eigenvalue weighted by Crippen LogP contribution is 2.35. The van der Waals surface area contributed by atoms with E-state index in [2.05, 4.69) is 5.32 Å². The molecule has 1 heterocycles. The van der Waals surface area contributed by atoms with Gasteiger partial charge in [0, 0.05) is 23.2 Å². The van der Waals surface area contributed by atoms with Crippen LogP contribution in [0.4, 0.5) is 0 Å². The average Bonchev–Trinajstić information content (AvgIpc) is 2.72. The van der Waals surface area contributed by atoms with Gasteiger partial charge in [0.25, 0.3) is 0 Å². The third-order valence-electron chi connectivity index (χ3n) is 3.16. The SMILES string of the molecule is Cc1cc(O)c(C2CC(C(=O)O)CN2)cc1Cl. The second-order valence-electron chi connectivity index (χ2n) is 4.39. The molecular formula is C12H14ClNO3. The number of aliphatic carboxylic acids is 1. The van der Waals surface area contributed by atoms with Crippen molar-refractivity contribution in [1.29, 1.82) is 0 Å². The van der Waals surface area contributed by atoms with Crippen molar-refractivity contribution in [3.63, 3.8) is 0 Å². The Morgan fingerprint density at radius 1 is 1.53 bits per heavy atom. The van der Waals surface area contributed by atoms with Gasteiger partial charge in [0.2, 0.25) is 0 Å². The number of aryl methyl sites for hydroxylation is 1. The first-order valence-electron chi connectivity index (χ1n) is 5.44. The van der Waals surface area contributed by atoms with Crippen molar-refractivity contribution in [1.82, 2.24) is 5.32 Å². The number of halogens is 1. The molecule has 1 aromatic carbocycles. The molecule has 2 atom stereocenters. The van der Waals surface area contributed by atoms with Crippen LogP contribution in [0.25, 0.3) is 0 Å². The van der Waals surface area contributed by atoms with Crippen LogP contribution in [0, 0.1) is 12.8 Å². The van der Waals surface area contributed by atoms with Crippen LogP contribution in [0.2, 0.25) is 5.02 Å². The number of carboxylic acids is 1. The van der Waals surface area contributed by atoms with Crippen molar-refractivity contribution < 1.29 is 15.0 Å². The van der Waals surface area contributed by atoms with Gasteiger partial charge in [-0.1, -0.05) is 11.6 Å². The zero-order valence-corrected chi connectivity index (χ0v) is 10.2. The second kappa shape index (κ2) is 4.55. The summed E-state index contributed by atoms with van der Waals surface area (Å²) >= 11 is 6.01. The highest BCUT2D eigenvalue weighted by atomic mass is 35.5. The predicted molar refractivity (Wildman–Crippen MR) is 64.3 cm³/mol. The molecule has 1 aliphatic heterocycles. The Morgan fingerprint density at radius 3 is 2.82 bits per heavy atom. The quantitative estimate of drug-likeness (QED) is 0.757. The number of carboxylic acid groups (broad SMARTS) is 1. The Balaban J connectivity index is 2.24. The number of phenols is 1. The Bertz CT molecular complexity index is 461. The summed E-state index contributed by atoms with van der Waals surface area (Å²) in [7, 11) is 0.